The van der Waals surface area contributed by atoms with E-state index in [0.29, 0.717) is 5.69 Å². The van der Waals surface area contributed by atoms with Gasteiger partial charge in [-0.05, 0) is 60.2 Å². The quantitative estimate of drug-likeness (QED) is 0.236. The zero-order valence-corrected chi connectivity index (χ0v) is 19.1. The number of benzene rings is 4. The first-order chi connectivity index (χ1) is 17.5. The highest BCUT2D eigenvalue weighted by Gasteiger charge is 2.13. The van der Waals surface area contributed by atoms with E-state index in [1.807, 2.05) is 66.7 Å². The minimum atomic E-state index is -0.742. The molecule has 0 aliphatic rings. The third-order valence-corrected chi connectivity index (χ3v) is 5.66. The van der Waals surface area contributed by atoms with Crippen LogP contribution in [0, 0.1) is 11.6 Å². The van der Waals surface area contributed by atoms with E-state index >= 15 is 0 Å². The lowest BCUT2D eigenvalue weighted by Gasteiger charge is -2.10. The van der Waals surface area contributed by atoms with Gasteiger partial charge in [0, 0.05) is 28.0 Å². The van der Waals surface area contributed by atoms with Crippen molar-refractivity contribution in [3.63, 3.8) is 0 Å². The molecule has 0 saturated carbocycles. The molecule has 1 aromatic heterocycles. The summed E-state index contributed by atoms with van der Waals surface area (Å²) in [5.74, 6) is -1.99. The molecule has 0 bridgehead atoms. The summed E-state index contributed by atoms with van der Waals surface area (Å²) < 4.78 is 27.7. The highest BCUT2D eigenvalue weighted by molar-refractivity contribution is 5.93. The molecular formula is C29H22F2N4O. The number of halogens is 2. The molecule has 0 spiro atoms. The highest BCUT2D eigenvalue weighted by atomic mass is 19.1. The van der Waals surface area contributed by atoms with Crippen LogP contribution in [0.2, 0.25) is 0 Å². The van der Waals surface area contributed by atoms with Crippen LogP contribution >= 0.6 is 0 Å². The first-order valence-electron chi connectivity index (χ1n) is 11.4. The van der Waals surface area contributed by atoms with Gasteiger partial charge in [-0.3, -0.25) is 9.89 Å². The van der Waals surface area contributed by atoms with Crippen LogP contribution in [0.4, 0.5) is 25.8 Å². The van der Waals surface area contributed by atoms with Gasteiger partial charge in [0.1, 0.15) is 11.6 Å². The number of carbonyl (C=O) groups excluding carboxylic acids is 1. The van der Waals surface area contributed by atoms with Crippen molar-refractivity contribution in [3.8, 4) is 0 Å². The fraction of sp³-hybridized carbons (Fsp3) is 0.0345. The van der Waals surface area contributed by atoms with Crippen LogP contribution in [0.25, 0.3) is 23.1 Å². The van der Waals surface area contributed by atoms with Crippen molar-refractivity contribution >= 4 is 46.0 Å². The number of hydrogen-bond acceptors (Lipinski definition) is 3. The molecule has 0 aliphatic heterocycles. The molecule has 5 aromatic rings. The topological polar surface area (TPSA) is 69.8 Å². The van der Waals surface area contributed by atoms with Crippen LogP contribution in [0.5, 0.6) is 0 Å². The Bertz CT molecular complexity index is 1540. The van der Waals surface area contributed by atoms with E-state index in [2.05, 4.69) is 20.8 Å². The lowest BCUT2D eigenvalue weighted by atomic mass is 10.1. The average Bonchev–Trinajstić information content (AvgIpc) is 3.28. The maximum absolute atomic E-state index is 13.8. The number of nitrogens with zero attached hydrogens (tertiary/aromatic N) is 1. The summed E-state index contributed by atoms with van der Waals surface area (Å²) in [6.45, 7) is 0. The van der Waals surface area contributed by atoms with Gasteiger partial charge in [0.05, 0.1) is 17.6 Å². The van der Waals surface area contributed by atoms with Gasteiger partial charge < -0.3 is 10.6 Å². The summed E-state index contributed by atoms with van der Waals surface area (Å²) in [4.78, 5) is 12.4. The number of aromatic amines is 1. The molecule has 3 N–H and O–H groups in total. The molecule has 36 heavy (non-hydrogen) atoms. The van der Waals surface area contributed by atoms with Crippen molar-refractivity contribution in [2.75, 3.05) is 10.6 Å². The molecule has 5 nitrogen and oxygen atoms in total. The van der Waals surface area contributed by atoms with E-state index in [1.165, 1.54) is 6.07 Å². The molecule has 0 saturated heterocycles. The number of rotatable bonds is 7. The molecule has 0 unspecified atom stereocenters. The normalized spacial score (nSPS) is 11.2. The number of hydrogen-bond donors (Lipinski definition) is 3. The Labute approximate surface area is 206 Å². The predicted octanol–water partition coefficient (Wildman–Crippen LogP) is 6.94. The Morgan fingerprint density at radius 3 is 2.33 bits per heavy atom. The molecule has 0 fully saturated rings. The van der Waals surface area contributed by atoms with Crippen LogP contribution in [0.3, 0.4) is 0 Å². The van der Waals surface area contributed by atoms with Crippen molar-refractivity contribution in [2.45, 2.75) is 6.42 Å². The highest BCUT2D eigenvalue weighted by Crippen LogP contribution is 2.25. The van der Waals surface area contributed by atoms with E-state index in [4.69, 9.17) is 0 Å². The summed E-state index contributed by atoms with van der Waals surface area (Å²) in [5, 5.41) is 14.5. The number of fused-ring (bicyclic) bond motifs is 1. The minimum absolute atomic E-state index is 0.255. The summed E-state index contributed by atoms with van der Waals surface area (Å²) in [5.41, 5.74) is 4.65. The van der Waals surface area contributed by atoms with Gasteiger partial charge in [-0.15, -0.1) is 0 Å². The van der Waals surface area contributed by atoms with Crippen LogP contribution < -0.4 is 10.6 Å². The SMILES string of the molecule is O=C(Cc1c(F)cccc1F)Nc1cccc(Nc2ccc3c(/C=C/c4ccccc4)n[nH]c3c2)c1. The van der Waals surface area contributed by atoms with Gasteiger partial charge in [0.25, 0.3) is 0 Å². The van der Waals surface area contributed by atoms with E-state index in [-0.39, 0.29) is 5.56 Å². The second-order valence-corrected chi connectivity index (χ2v) is 8.24. The van der Waals surface area contributed by atoms with Gasteiger partial charge in [0.15, 0.2) is 0 Å². The van der Waals surface area contributed by atoms with Crippen LogP contribution in [0.1, 0.15) is 16.8 Å². The monoisotopic (exact) mass is 480 g/mol. The van der Waals surface area contributed by atoms with Gasteiger partial charge in [-0.1, -0.05) is 48.5 Å². The summed E-state index contributed by atoms with van der Waals surface area (Å²) in [7, 11) is 0. The van der Waals surface area contributed by atoms with E-state index < -0.39 is 24.0 Å². The number of amides is 1. The number of H-pyrrole nitrogens is 1. The molecule has 5 rings (SSSR count). The van der Waals surface area contributed by atoms with Gasteiger partial charge in [0.2, 0.25) is 5.91 Å². The van der Waals surface area contributed by atoms with Crippen molar-refractivity contribution in [3.05, 3.63) is 119 Å². The standard InChI is InChI=1S/C29H22F2N4O/c30-25-10-5-11-26(31)24(25)18-29(36)33-21-9-4-8-20(16-21)32-22-13-14-23-27(34-35-28(23)17-22)15-12-19-6-2-1-3-7-19/h1-17,32H,18H2,(H,33,36)(H,34,35)/b15-12+. The zero-order chi connectivity index (χ0) is 24.9. The van der Waals surface area contributed by atoms with E-state index in [0.717, 1.165) is 45.7 Å². The Balaban J connectivity index is 1.27. The summed E-state index contributed by atoms with van der Waals surface area (Å²) >= 11 is 0. The van der Waals surface area contributed by atoms with Crippen molar-refractivity contribution in [2.24, 2.45) is 0 Å². The largest absolute Gasteiger partial charge is 0.355 e. The molecule has 4 aromatic carbocycles. The fourth-order valence-electron chi connectivity index (χ4n) is 3.89. The van der Waals surface area contributed by atoms with Gasteiger partial charge >= 0.3 is 0 Å². The van der Waals surface area contributed by atoms with Crippen LogP contribution in [-0.4, -0.2) is 16.1 Å². The molecule has 1 amide bonds. The Morgan fingerprint density at radius 1 is 0.806 bits per heavy atom. The molecule has 1 heterocycles. The summed E-state index contributed by atoms with van der Waals surface area (Å²) in [6.07, 6.45) is 3.59. The van der Waals surface area contributed by atoms with Crippen LogP contribution in [0.15, 0.2) is 91.0 Å². The maximum atomic E-state index is 13.8. The number of nitrogens with one attached hydrogen (secondary N) is 3. The zero-order valence-electron chi connectivity index (χ0n) is 19.1. The second-order valence-electron chi connectivity index (χ2n) is 8.24. The smallest absolute Gasteiger partial charge is 0.229 e. The molecule has 0 atom stereocenters. The van der Waals surface area contributed by atoms with Gasteiger partial charge in [-0.2, -0.15) is 5.10 Å². The Hall–Kier alpha value is -4.78. The summed E-state index contributed by atoms with van der Waals surface area (Å²) in [6, 6.07) is 26.5. The minimum Gasteiger partial charge on any atom is -0.355 e. The Kier molecular flexibility index (Phi) is 6.53. The molecular weight excluding hydrogens is 458 g/mol. The Morgan fingerprint density at radius 2 is 1.53 bits per heavy atom. The number of carbonyl (C=O) groups is 1. The first kappa shape index (κ1) is 23.0. The predicted molar refractivity (Wildman–Crippen MR) is 140 cm³/mol. The van der Waals surface area contributed by atoms with Crippen molar-refractivity contribution in [1.82, 2.24) is 10.2 Å². The number of anilines is 3. The molecule has 7 heteroatoms. The second kappa shape index (κ2) is 10.2. The number of aromatic nitrogens is 2. The van der Waals surface area contributed by atoms with Crippen molar-refractivity contribution < 1.29 is 13.6 Å². The fourth-order valence-corrected chi connectivity index (χ4v) is 3.89. The van der Waals surface area contributed by atoms with Crippen LogP contribution in [-0.2, 0) is 11.2 Å². The maximum Gasteiger partial charge on any atom is 0.229 e. The molecule has 0 aliphatic carbocycles. The lowest BCUT2D eigenvalue weighted by Crippen LogP contribution is -2.16. The third kappa shape index (κ3) is 5.31. The van der Waals surface area contributed by atoms with Gasteiger partial charge in [-0.25, -0.2) is 8.78 Å². The molecule has 0 radical (unpaired) electrons. The van der Waals surface area contributed by atoms with Crippen molar-refractivity contribution in [1.29, 1.82) is 0 Å². The molecule has 178 valence electrons. The average molecular weight is 481 g/mol. The lowest BCUT2D eigenvalue weighted by molar-refractivity contribution is -0.115. The van der Waals surface area contributed by atoms with E-state index in [1.54, 1.807) is 18.2 Å². The van der Waals surface area contributed by atoms with E-state index in [9.17, 15) is 13.6 Å². The first-order valence-corrected chi connectivity index (χ1v) is 11.4. The third-order valence-electron chi connectivity index (χ3n) is 5.66.